The van der Waals surface area contributed by atoms with Crippen molar-refractivity contribution in [3.05, 3.63) is 30.1 Å². The van der Waals surface area contributed by atoms with Crippen molar-refractivity contribution in [3.63, 3.8) is 0 Å². The van der Waals surface area contributed by atoms with E-state index in [-0.39, 0.29) is 17.2 Å². The molecule has 1 aliphatic rings. The molecule has 4 nitrogen and oxygen atoms in total. The zero-order valence-electron chi connectivity index (χ0n) is 14.0. The molecule has 2 atom stereocenters. The summed E-state index contributed by atoms with van der Waals surface area (Å²) >= 11 is 0. The summed E-state index contributed by atoms with van der Waals surface area (Å²) in [5.74, 6) is 0.328. The van der Waals surface area contributed by atoms with Crippen LogP contribution in [0.1, 0.15) is 40.2 Å². The van der Waals surface area contributed by atoms with Crippen LogP contribution in [0, 0.1) is 5.92 Å². The summed E-state index contributed by atoms with van der Waals surface area (Å²) in [4.78, 5) is 6.51. The molecule has 2 unspecified atom stereocenters. The first-order valence-electron chi connectivity index (χ1n) is 7.83. The lowest BCUT2D eigenvalue weighted by Gasteiger charge is -2.32. The molecule has 2 heterocycles. The topological polar surface area (TPSA) is 51.4 Å². The molecule has 2 rings (SSSR count). The van der Waals surface area contributed by atoms with E-state index in [2.05, 4.69) is 56.6 Å². The number of nitrogens with zero attached hydrogens (tertiary/aromatic N) is 2. The van der Waals surface area contributed by atoms with Gasteiger partial charge in [0.25, 0.3) is 0 Å². The standard InChI is InChI=1S/C17H29N3O/c1-6-20(11-13-7-9-19-10-8-13)12-14-15(18)17(4,5)21-16(14,2)3/h7-10,14-15H,6,11-12,18H2,1-5H3. The summed E-state index contributed by atoms with van der Waals surface area (Å²) in [7, 11) is 0. The lowest BCUT2D eigenvalue weighted by atomic mass is 9.82. The minimum absolute atomic E-state index is 0.0546. The van der Waals surface area contributed by atoms with E-state index in [9.17, 15) is 0 Å². The molecule has 1 aliphatic heterocycles. The maximum Gasteiger partial charge on any atom is 0.0788 e. The first kappa shape index (κ1) is 16.4. The van der Waals surface area contributed by atoms with Crippen molar-refractivity contribution < 1.29 is 4.74 Å². The van der Waals surface area contributed by atoms with Crippen LogP contribution in [0.3, 0.4) is 0 Å². The van der Waals surface area contributed by atoms with Gasteiger partial charge < -0.3 is 10.5 Å². The third kappa shape index (κ3) is 3.62. The van der Waals surface area contributed by atoms with Crippen LogP contribution in [0.2, 0.25) is 0 Å². The number of ether oxygens (including phenoxy) is 1. The lowest BCUT2D eigenvalue weighted by Crippen LogP contribution is -2.48. The van der Waals surface area contributed by atoms with E-state index in [1.54, 1.807) is 0 Å². The van der Waals surface area contributed by atoms with Crippen molar-refractivity contribution >= 4 is 0 Å². The molecule has 1 fully saturated rings. The van der Waals surface area contributed by atoms with Gasteiger partial charge in [-0.2, -0.15) is 0 Å². The van der Waals surface area contributed by atoms with Crippen LogP contribution in [0.25, 0.3) is 0 Å². The third-order valence-electron chi connectivity index (χ3n) is 4.71. The van der Waals surface area contributed by atoms with Crippen molar-refractivity contribution in [1.82, 2.24) is 9.88 Å². The zero-order valence-corrected chi connectivity index (χ0v) is 14.0. The van der Waals surface area contributed by atoms with Gasteiger partial charge in [-0.15, -0.1) is 0 Å². The Labute approximate surface area is 128 Å². The van der Waals surface area contributed by atoms with Crippen LogP contribution < -0.4 is 5.73 Å². The third-order valence-corrected chi connectivity index (χ3v) is 4.71. The maximum absolute atomic E-state index is 6.47. The lowest BCUT2D eigenvalue weighted by molar-refractivity contribution is -0.0785. The summed E-state index contributed by atoms with van der Waals surface area (Å²) in [6, 6.07) is 4.20. The van der Waals surface area contributed by atoms with Gasteiger partial charge in [-0.1, -0.05) is 6.92 Å². The van der Waals surface area contributed by atoms with Crippen molar-refractivity contribution in [2.24, 2.45) is 11.7 Å². The normalized spacial score (nSPS) is 27.2. The molecule has 4 heteroatoms. The molecule has 0 aromatic carbocycles. The fourth-order valence-electron chi connectivity index (χ4n) is 3.40. The van der Waals surface area contributed by atoms with E-state index < -0.39 is 0 Å². The molecular weight excluding hydrogens is 262 g/mol. The quantitative estimate of drug-likeness (QED) is 0.905. The van der Waals surface area contributed by atoms with E-state index in [4.69, 9.17) is 10.5 Å². The maximum atomic E-state index is 6.47. The van der Waals surface area contributed by atoms with Gasteiger partial charge in [0.1, 0.15) is 0 Å². The fraction of sp³-hybridized carbons (Fsp3) is 0.706. The average Bonchev–Trinajstić information content (AvgIpc) is 2.57. The first-order chi connectivity index (χ1) is 9.76. The number of nitrogens with two attached hydrogens (primary N) is 1. The van der Waals surface area contributed by atoms with Crippen LogP contribution in [-0.2, 0) is 11.3 Å². The highest BCUT2D eigenvalue weighted by molar-refractivity contribution is 5.10. The van der Waals surface area contributed by atoms with Crippen molar-refractivity contribution in [3.8, 4) is 0 Å². The molecular formula is C17H29N3O. The number of hydrogen-bond donors (Lipinski definition) is 1. The molecule has 0 saturated carbocycles. The van der Waals surface area contributed by atoms with Crippen LogP contribution in [0.4, 0.5) is 0 Å². The van der Waals surface area contributed by atoms with E-state index in [1.165, 1.54) is 5.56 Å². The van der Waals surface area contributed by atoms with E-state index in [0.717, 1.165) is 19.6 Å². The highest BCUT2D eigenvalue weighted by Crippen LogP contribution is 2.41. The smallest absolute Gasteiger partial charge is 0.0788 e. The van der Waals surface area contributed by atoms with Gasteiger partial charge >= 0.3 is 0 Å². The van der Waals surface area contributed by atoms with Crippen LogP contribution >= 0.6 is 0 Å². The number of aromatic nitrogens is 1. The van der Waals surface area contributed by atoms with Gasteiger partial charge in [-0.05, 0) is 51.9 Å². The number of rotatable bonds is 5. The predicted molar refractivity (Wildman–Crippen MR) is 85.9 cm³/mol. The average molecular weight is 291 g/mol. The molecule has 1 aromatic rings. The van der Waals surface area contributed by atoms with E-state index in [0.29, 0.717) is 5.92 Å². The van der Waals surface area contributed by atoms with Gasteiger partial charge in [0.15, 0.2) is 0 Å². The second-order valence-corrected chi connectivity index (χ2v) is 7.12. The number of hydrogen-bond acceptors (Lipinski definition) is 4. The van der Waals surface area contributed by atoms with Crippen molar-refractivity contribution in [2.45, 2.75) is 58.4 Å². The fourth-order valence-corrected chi connectivity index (χ4v) is 3.40. The van der Waals surface area contributed by atoms with Gasteiger partial charge in [0.2, 0.25) is 0 Å². The molecule has 118 valence electrons. The van der Waals surface area contributed by atoms with E-state index in [1.807, 2.05) is 12.4 Å². The van der Waals surface area contributed by atoms with Crippen molar-refractivity contribution in [2.75, 3.05) is 13.1 Å². The summed E-state index contributed by atoms with van der Waals surface area (Å²) in [5.41, 5.74) is 7.31. The summed E-state index contributed by atoms with van der Waals surface area (Å²) < 4.78 is 6.19. The monoisotopic (exact) mass is 291 g/mol. The second kappa shape index (κ2) is 6.03. The van der Waals surface area contributed by atoms with Crippen LogP contribution in [0.5, 0.6) is 0 Å². The Balaban J connectivity index is 2.07. The Morgan fingerprint density at radius 3 is 2.29 bits per heavy atom. The summed E-state index contributed by atoms with van der Waals surface area (Å²) in [5, 5.41) is 0. The first-order valence-corrected chi connectivity index (χ1v) is 7.83. The molecule has 2 N–H and O–H groups in total. The minimum atomic E-state index is -0.260. The van der Waals surface area contributed by atoms with Crippen molar-refractivity contribution in [1.29, 1.82) is 0 Å². The van der Waals surface area contributed by atoms with E-state index >= 15 is 0 Å². The molecule has 0 bridgehead atoms. The van der Waals surface area contributed by atoms with Gasteiger partial charge in [-0.25, -0.2) is 0 Å². The summed E-state index contributed by atoms with van der Waals surface area (Å²) in [6.45, 7) is 13.6. The predicted octanol–water partition coefficient (Wildman–Crippen LogP) is 2.43. The minimum Gasteiger partial charge on any atom is -0.368 e. The number of pyridine rings is 1. The van der Waals surface area contributed by atoms with Crippen LogP contribution in [-0.4, -0.2) is 40.2 Å². The highest BCUT2D eigenvalue weighted by Gasteiger charge is 2.52. The molecule has 1 aromatic heterocycles. The second-order valence-electron chi connectivity index (χ2n) is 7.12. The van der Waals surface area contributed by atoms with Crippen LogP contribution in [0.15, 0.2) is 24.5 Å². The molecule has 1 saturated heterocycles. The molecule has 0 aliphatic carbocycles. The Morgan fingerprint density at radius 1 is 1.19 bits per heavy atom. The Bertz CT molecular complexity index is 458. The Kier molecular flexibility index (Phi) is 4.71. The van der Waals surface area contributed by atoms with Gasteiger partial charge in [0, 0.05) is 37.4 Å². The highest BCUT2D eigenvalue weighted by atomic mass is 16.5. The Morgan fingerprint density at radius 2 is 1.81 bits per heavy atom. The zero-order chi connectivity index (χ0) is 15.7. The summed E-state index contributed by atoms with van der Waals surface area (Å²) in [6.07, 6.45) is 3.70. The Hall–Kier alpha value is -0.970. The molecule has 0 radical (unpaired) electrons. The SMILES string of the molecule is CCN(Cc1ccncc1)CC1C(N)C(C)(C)OC1(C)C. The largest absolute Gasteiger partial charge is 0.368 e. The molecule has 0 amide bonds. The molecule has 0 spiro atoms. The van der Waals surface area contributed by atoms with Gasteiger partial charge in [-0.3, -0.25) is 9.88 Å². The van der Waals surface area contributed by atoms with Gasteiger partial charge in [0.05, 0.1) is 11.2 Å². The molecule has 21 heavy (non-hydrogen) atoms.